The Morgan fingerprint density at radius 3 is 3.00 bits per heavy atom. The van der Waals surface area contributed by atoms with Crippen LogP contribution in [0.25, 0.3) is 0 Å². The van der Waals surface area contributed by atoms with Crippen molar-refractivity contribution in [2.75, 3.05) is 20.1 Å². The molecule has 1 aromatic carbocycles. The quantitative estimate of drug-likeness (QED) is 0.884. The Morgan fingerprint density at radius 2 is 2.28 bits per heavy atom. The summed E-state index contributed by atoms with van der Waals surface area (Å²) in [6.07, 6.45) is 1.15. The smallest absolute Gasteiger partial charge is 0.120 e. The lowest BCUT2D eigenvalue weighted by atomic mass is 9.94. The van der Waals surface area contributed by atoms with Crippen molar-refractivity contribution in [1.29, 1.82) is 0 Å². The molecule has 3 nitrogen and oxygen atoms in total. The number of halogens is 1. The summed E-state index contributed by atoms with van der Waals surface area (Å²) in [7, 11) is 2.16. The lowest BCUT2D eigenvalue weighted by Gasteiger charge is -2.35. The van der Waals surface area contributed by atoms with Crippen LogP contribution in [0, 0.1) is 5.92 Å². The van der Waals surface area contributed by atoms with Gasteiger partial charge in [0.15, 0.2) is 0 Å². The van der Waals surface area contributed by atoms with Crippen LogP contribution in [0.1, 0.15) is 18.9 Å². The molecule has 0 aliphatic carbocycles. The number of benzene rings is 1. The predicted octanol–water partition coefficient (Wildman–Crippen LogP) is 2.48. The van der Waals surface area contributed by atoms with Gasteiger partial charge in [0.1, 0.15) is 5.75 Å². The fourth-order valence-electron chi connectivity index (χ4n) is 2.59. The Morgan fingerprint density at radius 1 is 1.50 bits per heavy atom. The molecule has 1 fully saturated rings. The molecular weight excluding hydrogens is 248 g/mol. The Labute approximate surface area is 114 Å². The van der Waals surface area contributed by atoms with Crippen LogP contribution in [0.15, 0.2) is 18.2 Å². The number of hydrogen-bond donors (Lipinski definition) is 2. The zero-order chi connectivity index (χ0) is 13.1. The average Bonchev–Trinajstić information content (AvgIpc) is 2.32. The fourth-order valence-corrected chi connectivity index (χ4v) is 2.79. The number of phenolic OH excluding ortho intramolecular Hbond substituents is 1. The highest BCUT2D eigenvalue weighted by molar-refractivity contribution is 6.30. The molecule has 2 unspecified atom stereocenters. The first-order valence-corrected chi connectivity index (χ1v) is 6.83. The van der Waals surface area contributed by atoms with E-state index in [1.807, 2.05) is 6.07 Å². The summed E-state index contributed by atoms with van der Waals surface area (Å²) < 4.78 is 0. The minimum Gasteiger partial charge on any atom is -0.508 e. The van der Waals surface area contributed by atoms with Crippen LogP contribution in [0.5, 0.6) is 5.75 Å². The Balaban J connectivity index is 1.93. The summed E-state index contributed by atoms with van der Waals surface area (Å²) in [6.45, 7) is 5.19. The SMILES string of the molecule is CC1CN(C)CCC1NCc1cc(Cl)ccc1O. The van der Waals surface area contributed by atoms with E-state index in [1.54, 1.807) is 12.1 Å². The summed E-state index contributed by atoms with van der Waals surface area (Å²) in [5.41, 5.74) is 0.869. The Hall–Kier alpha value is -0.770. The summed E-state index contributed by atoms with van der Waals surface area (Å²) >= 11 is 5.94. The maximum atomic E-state index is 9.77. The Kier molecular flexibility index (Phi) is 4.49. The number of phenols is 1. The lowest BCUT2D eigenvalue weighted by Crippen LogP contribution is -2.46. The second kappa shape index (κ2) is 5.91. The number of piperidine rings is 1. The van der Waals surface area contributed by atoms with E-state index in [0.29, 0.717) is 29.3 Å². The van der Waals surface area contributed by atoms with Gasteiger partial charge < -0.3 is 15.3 Å². The minimum absolute atomic E-state index is 0.312. The molecule has 2 rings (SSSR count). The van der Waals surface area contributed by atoms with Gasteiger partial charge in [-0.25, -0.2) is 0 Å². The molecule has 1 heterocycles. The third kappa shape index (κ3) is 3.37. The van der Waals surface area contributed by atoms with Crippen LogP contribution in [-0.2, 0) is 6.54 Å². The van der Waals surface area contributed by atoms with Crippen molar-refractivity contribution in [2.24, 2.45) is 5.92 Å². The van der Waals surface area contributed by atoms with Gasteiger partial charge in [-0.05, 0) is 44.1 Å². The highest BCUT2D eigenvalue weighted by atomic mass is 35.5. The van der Waals surface area contributed by atoms with E-state index < -0.39 is 0 Å². The summed E-state index contributed by atoms with van der Waals surface area (Å²) in [4.78, 5) is 2.36. The molecule has 18 heavy (non-hydrogen) atoms. The van der Waals surface area contributed by atoms with Crippen molar-refractivity contribution in [3.8, 4) is 5.75 Å². The molecule has 0 aromatic heterocycles. The highest BCUT2D eigenvalue weighted by Gasteiger charge is 2.23. The minimum atomic E-state index is 0.312. The van der Waals surface area contributed by atoms with Crippen molar-refractivity contribution in [3.63, 3.8) is 0 Å². The molecule has 0 radical (unpaired) electrons. The van der Waals surface area contributed by atoms with Crippen LogP contribution < -0.4 is 5.32 Å². The molecule has 100 valence electrons. The van der Waals surface area contributed by atoms with E-state index in [1.165, 1.54) is 0 Å². The maximum absolute atomic E-state index is 9.77. The number of rotatable bonds is 3. The fraction of sp³-hybridized carbons (Fsp3) is 0.571. The van der Waals surface area contributed by atoms with Gasteiger partial charge in [0, 0.05) is 29.7 Å². The van der Waals surface area contributed by atoms with E-state index in [4.69, 9.17) is 11.6 Å². The number of aromatic hydroxyl groups is 1. The third-order valence-electron chi connectivity index (χ3n) is 3.70. The van der Waals surface area contributed by atoms with Crippen LogP contribution in [-0.4, -0.2) is 36.2 Å². The van der Waals surface area contributed by atoms with Crippen molar-refractivity contribution in [3.05, 3.63) is 28.8 Å². The van der Waals surface area contributed by atoms with Crippen LogP contribution >= 0.6 is 11.6 Å². The van der Waals surface area contributed by atoms with E-state index in [0.717, 1.165) is 25.1 Å². The third-order valence-corrected chi connectivity index (χ3v) is 3.94. The summed E-state index contributed by atoms with van der Waals surface area (Å²) in [5, 5.41) is 14.0. The predicted molar refractivity (Wildman–Crippen MR) is 75.0 cm³/mol. The normalized spacial score (nSPS) is 25.3. The van der Waals surface area contributed by atoms with Gasteiger partial charge in [-0.15, -0.1) is 0 Å². The van der Waals surface area contributed by atoms with Crippen molar-refractivity contribution >= 4 is 11.6 Å². The molecule has 1 saturated heterocycles. The molecule has 0 amide bonds. The van der Waals surface area contributed by atoms with Gasteiger partial charge in [0.05, 0.1) is 0 Å². The zero-order valence-electron chi connectivity index (χ0n) is 11.0. The van der Waals surface area contributed by atoms with Gasteiger partial charge in [-0.1, -0.05) is 18.5 Å². The summed E-state index contributed by atoms with van der Waals surface area (Å²) in [6, 6.07) is 5.69. The molecule has 1 aliphatic rings. The van der Waals surface area contributed by atoms with Crippen molar-refractivity contribution in [1.82, 2.24) is 10.2 Å². The first-order valence-electron chi connectivity index (χ1n) is 6.45. The molecule has 1 aliphatic heterocycles. The van der Waals surface area contributed by atoms with Gasteiger partial charge in [-0.2, -0.15) is 0 Å². The highest BCUT2D eigenvalue weighted by Crippen LogP contribution is 2.22. The topological polar surface area (TPSA) is 35.5 Å². The Bertz CT molecular complexity index is 411. The van der Waals surface area contributed by atoms with E-state index in [2.05, 4.69) is 24.2 Å². The first kappa shape index (κ1) is 13.7. The van der Waals surface area contributed by atoms with Gasteiger partial charge in [-0.3, -0.25) is 0 Å². The molecule has 1 aromatic rings. The largest absolute Gasteiger partial charge is 0.508 e. The molecule has 4 heteroatoms. The van der Waals surface area contributed by atoms with E-state index in [-0.39, 0.29) is 0 Å². The molecule has 0 saturated carbocycles. The van der Waals surface area contributed by atoms with Crippen LogP contribution in [0.3, 0.4) is 0 Å². The van der Waals surface area contributed by atoms with Crippen LogP contribution in [0.2, 0.25) is 5.02 Å². The second-order valence-electron chi connectivity index (χ2n) is 5.29. The van der Waals surface area contributed by atoms with E-state index >= 15 is 0 Å². The van der Waals surface area contributed by atoms with Gasteiger partial charge >= 0.3 is 0 Å². The molecule has 2 atom stereocenters. The molecule has 0 bridgehead atoms. The van der Waals surface area contributed by atoms with Crippen molar-refractivity contribution in [2.45, 2.75) is 25.9 Å². The molecule has 0 spiro atoms. The zero-order valence-corrected chi connectivity index (χ0v) is 11.7. The number of hydrogen-bond acceptors (Lipinski definition) is 3. The number of nitrogens with one attached hydrogen (secondary N) is 1. The molecular formula is C14H21ClN2O. The first-order chi connectivity index (χ1) is 8.56. The molecule has 2 N–H and O–H groups in total. The van der Waals surface area contributed by atoms with Gasteiger partial charge in [0.2, 0.25) is 0 Å². The second-order valence-corrected chi connectivity index (χ2v) is 5.73. The van der Waals surface area contributed by atoms with Crippen LogP contribution in [0.4, 0.5) is 0 Å². The number of likely N-dealkylation sites (tertiary alicyclic amines) is 1. The lowest BCUT2D eigenvalue weighted by molar-refractivity contribution is 0.174. The average molecular weight is 269 g/mol. The standard InChI is InChI=1S/C14H21ClN2O/c1-10-9-17(2)6-5-13(10)16-8-11-7-12(15)3-4-14(11)18/h3-4,7,10,13,16,18H,5-6,8-9H2,1-2H3. The summed E-state index contributed by atoms with van der Waals surface area (Å²) in [5.74, 6) is 0.942. The van der Waals surface area contributed by atoms with Gasteiger partial charge in [0.25, 0.3) is 0 Å². The van der Waals surface area contributed by atoms with E-state index in [9.17, 15) is 5.11 Å². The number of nitrogens with zero attached hydrogens (tertiary/aromatic N) is 1. The van der Waals surface area contributed by atoms with Crippen molar-refractivity contribution < 1.29 is 5.11 Å². The monoisotopic (exact) mass is 268 g/mol. The maximum Gasteiger partial charge on any atom is 0.120 e.